The molecule has 0 saturated carbocycles. The van der Waals surface area contributed by atoms with Crippen LogP contribution in [0, 0.1) is 0 Å². The van der Waals surface area contributed by atoms with E-state index in [0.29, 0.717) is 16.7 Å². The molecule has 1 atom stereocenters. The van der Waals surface area contributed by atoms with E-state index >= 15 is 0 Å². The van der Waals surface area contributed by atoms with E-state index in [2.05, 4.69) is 10.3 Å². The molecular formula is C9H11ClN2O3S. The van der Waals surface area contributed by atoms with Gasteiger partial charge >= 0.3 is 5.97 Å². The summed E-state index contributed by atoms with van der Waals surface area (Å²) in [5, 5.41) is 4.73. The quantitative estimate of drug-likeness (QED) is 0.663. The lowest BCUT2D eigenvalue weighted by molar-refractivity contribution is -0.150. The first-order valence-corrected chi connectivity index (χ1v) is 5.92. The van der Waals surface area contributed by atoms with Gasteiger partial charge in [0.1, 0.15) is 0 Å². The molecule has 0 unspecified atom stereocenters. The van der Waals surface area contributed by atoms with E-state index in [1.54, 1.807) is 5.38 Å². The lowest BCUT2D eigenvalue weighted by Crippen LogP contribution is -2.29. The fourth-order valence-corrected chi connectivity index (χ4v) is 1.88. The number of halogens is 1. The van der Waals surface area contributed by atoms with Crippen molar-refractivity contribution in [2.24, 2.45) is 0 Å². The summed E-state index contributed by atoms with van der Waals surface area (Å²) >= 11 is 6.84. The van der Waals surface area contributed by atoms with Crippen LogP contribution in [0.3, 0.4) is 0 Å². The largest absolute Gasteiger partial charge is 0.453 e. The van der Waals surface area contributed by atoms with Crippen LogP contribution in [0.5, 0.6) is 0 Å². The molecule has 0 spiro atoms. The Labute approximate surface area is 102 Å². The van der Waals surface area contributed by atoms with Crippen LogP contribution in [0.15, 0.2) is 5.38 Å². The second-order valence-corrected chi connectivity index (χ2v) is 4.14. The Bertz CT molecular complexity index is 394. The van der Waals surface area contributed by atoms with Gasteiger partial charge < -0.3 is 4.74 Å². The summed E-state index contributed by atoms with van der Waals surface area (Å²) in [4.78, 5) is 26.2. The van der Waals surface area contributed by atoms with Gasteiger partial charge in [-0.05, 0) is 6.92 Å². The molecule has 1 N–H and O–H groups in total. The zero-order chi connectivity index (χ0) is 12.1. The summed E-state index contributed by atoms with van der Waals surface area (Å²) in [6, 6.07) is 0. The molecule has 0 bridgehead atoms. The van der Waals surface area contributed by atoms with Gasteiger partial charge in [0.2, 0.25) is 0 Å². The molecule has 1 heterocycles. The molecule has 7 heteroatoms. The number of aromatic nitrogens is 1. The number of anilines is 1. The fourth-order valence-electron chi connectivity index (χ4n) is 0.935. The Kier molecular flexibility index (Phi) is 4.70. The van der Waals surface area contributed by atoms with Crippen molar-refractivity contribution < 1.29 is 14.3 Å². The van der Waals surface area contributed by atoms with E-state index in [-0.39, 0.29) is 0 Å². The van der Waals surface area contributed by atoms with E-state index in [0.717, 1.165) is 0 Å². The molecule has 1 amide bonds. The third-order valence-corrected chi connectivity index (χ3v) is 2.71. The highest BCUT2D eigenvalue weighted by Gasteiger charge is 2.16. The monoisotopic (exact) mass is 262 g/mol. The van der Waals surface area contributed by atoms with Crippen molar-refractivity contribution >= 4 is 39.9 Å². The smallest absolute Gasteiger partial charge is 0.303 e. The molecule has 16 heavy (non-hydrogen) atoms. The van der Waals surface area contributed by atoms with Crippen LogP contribution < -0.4 is 5.32 Å². The minimum absolute atomic E-state index is 0.297. The highest BCUT2D eigenvalue weighted by molar-refractivity contribution is 7.14. The predicted octanol–water partition coefficient (Wildman–Crippen LogP) is 1.77. The number of alkyl halides is 1. The van der Waals surface area contributed by atoms with Crippen LogP contribution in [0.2, 0.25) is 0 Å². The molecule has 1 aromatic rings. The number of hydrogen-bond donors (Lipinski definition) is 1. The minimum atomic E-state index is -0.833. The molecule has 1 aromatic heterocycles. The standard InChI is InChI=1S/C9H11ClN2O3S/c1-5(15-6(2)13)8(14)12-9-11-7(3-10)4-16-9/h4-5H,3H2,1-2H3,(H,11,12,14)/t5-/m1/s1. The Morgan fingerprint density at radius 2 is 2.38 bits per heavy atom. The van der Waals surface area contributed by atoms with Crippen molar-refractivity contribution in [3.63, 3.8) is 0 Å². The van der Waals surface area contributed by atoms with E-state index < -0.39 is 18.0 Å². The molecule has 0 fully saturated rings. The van der Waals surface area contributed by atoms with Gasteiger partial charge in [-0.3, -0.25) is 14.9 Å². The van der Waals surface area contributed by atoms with E-state index in [4.69, 9.17) is 16.3 Å². The SMILES string of the molecule is CC(=O)O[C@H](C)C(=O)Nc1nc(CCl)cs1. The molecule has 0 aliphatic rings. The Hall–Kier alpha value is -1.14. The number of hydrogen-bond acceptors (Lipinski definition) is 5. The van der Waals surface area contributed by atoms with Crippen LogP contribution in [-0.2, 0) is 20.2 Å². The maximum atomic E-state index is 11.5. The van der Waals surface area contributed by atoms with Gasteiger partial charge in [-0.2, -0.15) is 0 Å². The summed E-state index contributed by atoms with van der Waals surface area (Å²) in [5.41, 5.74) is 0.696. The predicted molar refractivity (Wildman–Crippen MR) is 61.5 cm³/mol. The summed E-state index contributed by atoms with van der Waals surface area (Å²) in [6.45, 7) is 2.74. The van der Waals surface area contributed by atoms with Gasteiger partial charge in [0, 0.05) is 12.3 Å². The third-order valence-electron chi connectivity index (χ3n) is 1.63. The van der Waals surface area contributed by atoms with Crippen LogP contribution in [0.1, 0.15) is 19.5 Å². The summed E-state index contributed by atoms with van der Waals surface area (Å²) in [6.07, 6.45) is -0.833. The zero-order valence-corrected chi connectivity index (χ0v) is 10.4. The van der Waals surface area contributed by atoms with Crippen LogP contribution in [-0.4, -0.2) is 23.0 Å². The van der Waals surface area contributed by atoms with Gasteiger partial charge in [0.25, 0.3) is 5.91 Å². The van der Waals surface area contributed by atoms with Gasteiger partial charge in [-0.25, -0.2) is 4.98 Å². The first-order chi connectivity index (χ1) is 7.52. The van der Waals surface area contributed by atoms with Crippen LogP contribution >= 0.6 is 22.9 Å². The first kappa shape index (κ1) is 12.9. The second kappa shape index (κ2) is 5.81. The fraction of sp³-hybridized carbons (Fsp3) is 0.444. The molecule has 5 nitrogen and oxygen atoms in total. The van der Waals surface area contributed by atoms with Crippen molar-refractivity contribution in [2.75, 3.05) is 5.32 Å². The van der Waals surface area contributed by atoms with Crippen molar-refractivity contribution in [3.8, 4) is 0 Å². The number of ether oxygens (including phenoxy) is 1. The van der Waals surface area contributed by atoms with Crippen LogP contribution in [0.25, 0.3) is 0 Å². The minimum Gasteiger partial charge on any atom is -0.453 e. The average molecular weight is 263 g/mol. The number of carbonyl (C=O) groups excluding carboxylic acids is 2. The highest BCUT2D eigenvalue weighted by Crippen LogP contribution is 2.16. The lowest BCUT2D eigenvalue weighted by Gasteiger charge is -2.10. The number of carbonyl (C=O) groups is 2. The summed E-state index contributed by atoms with van der Waals surface area (Å²) in [5.74, 6) is -0.611. The molecular weight excluding hydrogens is 252 g/mol. The maximum absolute atomic E-state index is 11.5. The van der Waals surface area contributed by atoms with Gasteiger partial charge in [-0.15, -0.1) is 22.9 Å². The molecule has 0 aliphatic carbocycles. The Balaban J connectivity index is 2.53. The topological polar surface area (TPSA) is 68.3 Å². The van der Waals surface area contributed by atoms with Crippen molar-refractivity contribution in [3.05, 3.63) is 11.1 Å². The molecule has 1 rings (SSSR count). The lowest BCUT2D eigenvalue weighted by atomic mass is 10.4. The summed E-state index contributed by atoms with van der Waals surface area (Å²) < 4.78 is 4.72. The molecule has 0 radical (unpaired) electrons. The van der Waals surface area contributed by atoms with E-state index in [1.807, 2.05) is 0 Å². The molecule has 0 aliphatic heterocycles. The number of rotatable bonds is 4. The van der Waals surface area contributed by atoms with E-state index in [1.165, 1.54) is 25.2 Å². The third kappa shape index (κ3) is 3.79. The molecule has 0 aromatic carbocycles. The summed E-state index contributed by atoms with van der Waals surface area (Å²) in [7, 11) is 0. The number of nitrogens with one attached hydrogen (secondary N) is 1. The maximum Gasteiger partial charge on any atom is 0.303 e. The van der Waals surface area contributed by atoms with Crippen molar-refractivity contribution in [1.29, 1.82) is 0 Å². The van der Waals surface area contributed by atoms with Gasteiger partial charge in [-0.1, -0.05) is 0 Å². The first-order valence-electron chi connectivity index (χ1n) is 4.51. The number of nitrogens with zero attached hydrogens (tertiary/aromatic N) is 1. The molecule has 88 valence electrons. The Morgan fingerprint density at radius 3 is 2.88 bits per heavy atom. The number of amides is 1. The van der Waals surface area contributed by atoms with Crippen molar-refractivity contribution in [1.82, 2.24) is 4.98 Å². The molecule has 0 saturated heterocycles. The second-order valence-electron chi connectivity index (χ2n) is 3.02. The zero-order valence-electron chi connectivity index (χ0n) is 8.82. The van der Waals surface area contributed by atoms with Gasteiger partial charge in [0.15, 0.2) is 11.2 Å². The number of esters is 1. The normalized spacial score (nSPS) is 11.9. The van der Waals surface area contributed by atoms with Gasteiger partial charge in [0.05, 0.1) is 11.6 Å². The highest BCUT2D eigenvalue weighted by atomic mass is 35.5. The van der Waals surface area contributed by atoms with Crippen LogP contribution in [0.4, 0.5) is 5.13 Å². The number of thiazole rings is 1. The van der Waals surface area contributed by atoms with Crippen molar-refractivity contribution in [2.45, 2.75) is 25.8 Å². The Morgan fingerprint density at radius 1 is 1.69 bits per heavy atom. The average Bonchev–Trinajstić information content (AvgIpc) is 2.64. The van der Waals surface area contributed by atoms with E-state index in [9.17, 15) is 9.59 Å².